The molecular weight excluding hydrogens is 396 g/mol. The maximum Gasteiger partial charge on any atom is 0.230 e. The van der Waals surface area contributed by atoms with E-state index >= 15 is 0 Å². The van der Waals surface area contributed by atoms with E-state index in [1.165, 1.54) is 31.0 Å². The van der Waals surface area contributed by atoms with Gasteiger partial charge < -0.3 is 10.1 Å². The molecule has 2 aromatic rings. The fourth-order valence-electron chi connectivity index (χ4n) is 3.51. The van der Waals surface area contributed by atoms with Crippen LogP contribution in [0.5, 0.6) is 5.75 Å². The van der Waals surface area contributed by atoms with E-state index in [9.17, 15) is 4.79 Å². The number of nitrogens with one attached hydrogen (secondary N) is 1. The van der Waals surface area contributed by atoms with Crippen LogP contribution in [0.15, 0.2) is 23.4 Å². The molecule has 3 rings (SSSR count). The van der Waals surface area contributed by atoms with Gasteiger partial charge in [-0.3, -0.25) is 9.36 Å². The number of carbonyl (C=O) groups excluding carboxylic acids is 1. The second-order valence-electron chi connectivity index (χ2n) is 7.00. The summed E-state index contributed by atoms with van der Waals surface area (Å²) in [6.45, 7) is 4.86. The topological polar surface area (TPSA) is 69.0 Å². The average molecular weight is 423 g/mol. The summed E-state index contributed by atoms with van der Waals surface area (Å²) in [4.78, 5) is 11.9. The van der Waals surface area contributed by atoms with Crippen LogP contribution in [-0.4, -0.2) is 33.0 Å². The van der Waals surface area contributed by atoms with Crippen LogP contribution >= 0.6 is 23.4 Å². The second kappa shape index (κ2) is 10.2. The van der Waals surface area contributed by atoms with Crippen LogP contribution in [0.4, 0.5) is 0 Å². The Hall–Kier alpha value is -1.73. The van der Waals surface area contributed by atoms with Crippen molar-refractivity contribution in [1.29, 1.82) is 0 Å². The van der Waals surface area contributed by atoms with Crippen molar-refractivity contribution in [2.24, 2.45) is 0 Å². The van der Waals surface area contributed by atoms with Gasteiger partial charge in [-0.25, -0.2) is 0 Å². The Labute approximate surface area is 175 Å². The van der Waals surface area contributed by atoms with Crippen molar-refractivity contribution in [2.45, 2.75) is 63.8 Å². The summed E-state index contributed by atoms with van der Waals surface area (Å²) in [5.74, 6) is 1.95. The number of amides is 1. The molecule has 1 aliphatic carbocycles. The van der Waals surface area contributed by atoms with Gasteiger partial charge in [0.15, 0.2) is 11.0 Å². The van der Waals surface area contributed by atoms with E-state index in [4.69, 9.17) is 16.3 Å². The SMILES string of the molecule is CCNC(=O)CSc1nnc(COc2ccc(Cl)cc2C)n1C1CCCCC1. The number of halogens is 1. The van der Waals surface area contributed by atoms with E-state index in [0.717, 1.165) is 35.1 Å². The molecular formula is C20H27ClN4O2S. The molecule has 0 atom stereocenters. The van der Waals surface area contributed by atoms with Crippen LogP contribution in [0.3, 0.4) is 0 Å². The number of aryl methyl sites for hydroxylation is 1. The second-order valence-corrected chi connectivity index (χ2v) is 8.38. The summed E-state index contributed by atoms with van der Waals surface area (Å²) in [5, 5.41) is 13.1. The molecule has 6 nitrogen and oxygen atoms in total. The lowest BCUT2D eigenvalue weighted by Crippen LogP contribution is -2.25. The van der Waals surface area contributed by atoms with Crippen LogP contribution in [0, 0.1) is 6.92 Å². The minimum atomic E-state index is 0.0142. The number of aromatic nitrogens is 3. The first-order valence-electron chi connectivity index (χ1n) is 9.80. The zero-order valence-corrected chi connectivity index (χ0v) is 18.0. The number of nitrogens with zero attached hydrogens (tertiary/aromatic N) is 3. The van der Waals surface area contributed by atoms with Crippen LogP contribution in [0.2, 0.25) is 5.02 Å². The molecule has 1 amide bonds. The smallest absolute Gasteiger partial charge is 0.230 e. The molecule has 1 aromatic carbocycles. The van der Waals surface area contributed by atoms with Gasteiger partial charge in [-0.15, -0.1) is 10.2 Å². The highest BCUT2D eigenvalue weighted by molar-refractivity contribution is 7.99. The van der Waals surface area contributed by atoms with Crippen molar-refractivity contribution < 1.29 is 9.53 Å². The normalized spacial score (nSPS) is 14.8. The maximum absolute atomic E-state index is 11.9. The molecule has 0 spiro atoms. The van der Waals surface area contributed by atoms with Crippen molar-refractivity contribution in [3.63, 3.8) is 0 Å². The first kappa shape index (κ1) is 21.0. The van der Waals surface area contributed by atoms with Crippen molar-refractivity contribution in [1.82, 2.24) is 20.1 Å². The third-order valence-electron chi connectivity index (χ3n) is 4.88. The minimum Gasteiger partial charge on any atom is -0.485 e. The lowest BCUT2D eigenvalue weighted by molar-refractivity contribution is -0.118. The Bertz CT molecular complexity index is 805. The molecule has 0 aliphatic heterocycles. The van der Waals surface area contributed by atoms with Crippen molar-refractivity contribution >= 4 is 29.3 Å². The number of carbonyl (C=O) groups is 1. The van der Waals surface area contributed by atoms with Gasteiger partial charge in [0.1, 0.15) is 12.4 Å². The summed E-state index contributed by atoms with van der Waals surface area (Å²) in [6.07, 6.45) is 5.91. The van der Waals surface area contributed by atoms with Crippen molar-refractivity contribution in [2.75, 3.05) is 12.3 Å². The first-order chi connectivity index (χ1) is 13.6. The number of hydrogen-bond donors (Lipinski definition) is 1. The Morgan fingerprint density at radius 2 is 2.11 bits per heavy atom. The fourth-order valence-corrected chi connectivity index (χ4v) is 4.59. The summed E-state index contributed by atoms with van der Waals surface area (Å²) in [7, 11) is 0. The van der Waals surface area contributed by atoms with E-state index in [0.29, 0.717) is 30.0 Å². The molecule has 0 radical (unpaired) electrons. The van der Waals surface area contributed by atoms with Gasteiger partial charge in [0.2, 0.25) is 5.91 Å². The molecule has 152 valence electrons. The molecule has 1 heterocycles. The molecule has 1 aromatic heterocycles. The molecule has 1 N–H and O–H groups in total. The van der Waals surface area contributed by atoms with E-state index in [-0.39, 0.29) is 5.91 Å². The zero-order valence-electron chi connectivity index (χ0n) is 16.4. The highest BCUT2D eigenvalue weighted by atomic mass is 35.5. The Kier molecular flexibility index (Phi) is 7.62. The van der Waals surface area contributed by atoms with Gasteiger partial charge in [-0.2, -0.15) is 0 Å². The lowest BCUT2D eigenvalue weighted by Gasteiger charge is -2.25. The maximum atomic E-state index is 11.9. The minimum absolute atomic E-state index is 0.0142. The van der Waals surface area contributed by atoms with Gasteiger partial charge in [0.25, 0.3) is 0 Å². The standard InChI is InChI=1S/C20H27ClN4O2S/c1-3-22-19(26)13-28-20-24-23-18(25(20)16-7-5-4-6-8-16)12-27-17-10-9-15(21)11-14(17)2/h9-11,16H,3-8,12-13H2,1-2H3,(H,22,26). The predicted molar refractivity (Wildman–Crippen MR) is 112 cm³/mol. The van der Waals surface area contributed by atoms with Crippen molar-refractivity contribution in [3.05, 3.63) is 34.6 Å². The van der Waals surface area contributed by atoms with Crippen LogP contribution < -0.4 is 10.1 Å². The molecule has 1 aliphatic rings. The molecule has 28 heavy (non-hydrogen) atoms. The van der Waals surface area contributed by atoms with Gasteiger partial charge >= 0.3 is 0 Å². The summed E-state index contributed by atoms with van der Waals surface area (Å²) in [6, 6.07) is 5.95. The molecule has 1 saturated carbocycles. The van der Waals surface area contributed by atoms with E-state index in [2.05, 4.69) is 20.1 Å². The monoisotopic (exact) mass is 422 g/mol. The summed E-state index contributed by atoms with van der Waals surface area (Å²) in [5.41, 5.74) is 0.988. The van der Waals surface area contributed by atoms with Crippen LogP contribution in [0.1, 0.15) is 56.5 Å². The Balaban J connectivity index is 1.76. The number of benzene rings is 1. The van der Waals surface area contributed by atoms with Crippen molar-refractivity contribution in [3.8, 4) is 5.75 Å². The number of thioether (sulfide) groups is 1. The third kappa shape index (κ3) is 5.41. The first-order valence-corrected chi connectivity index (χ1v) is 11.2. The highest BCUT2D eigenvalue weighted by Gasteiger charge is 2.24. The van der Waals surface area contributed by atoms with Gasteiger partial charge in [0.05, 0.1) is 5.75 Å². The molecule has 0 bridgehead atoms. The number of rotatable bonds is 8. The third-order valence-corrected chi connectivity index (χ3v) is 6.05. The number of hydrogen-bond acceptors (Lipinski definition) is 5. The quantitative estimate of drug-likeness (QED) is 0.632. The Morgan fingerprint density at radius 1 is 1.32 bits per heavy atom. The van der Waals surface area contributed by atoms with Crippen LogP contribution in [-0.2, 0) is 11.4 Å². The van der Waals surface area contributed by atoms with E-state index in [1.54, 1.807) is 0 Å². The molecule has 0 unspecified atom stereocenters. The predicted octanol–water partition coefficient (Wildman–Crippen LogP) is 4.55. The van der Waals surface area contributed by atoms with Crippen LogP contribution in [0.25, 0.3) is 0 Å². The molecule has 8 heteroatoms. The van der Waals surface area contributed by atoms with Gasteiger partial charge in [-0.05, 0) is 50.5 Å². The summed E-state index contributed by atoms with van der Waals surface area (Å²) < 4.78 is 8.21. The summed E-state index contributed by atoms with van der Waals surface area (Å²) >= 11 is 7.47. The molecule has 1 fully saturated rings. The van der Waals surface area contributed by atoms with E-state index in [1.807, 2.05) is 32.0 Å². The van der Waals surface area contributed by atoms with E-state index < -0.39 is 0 Å². The highest BCUT2D eigenvalue weighted by Crippen LogP contribution is 2.33. The Morgan fingerprint density at radius 3 is 2.82 bits per heavy atom. The zero-order chi connectivity index (χ0) is 19.9. The fraction of sp³-hybridized carbons (Fsp3) is 0.550. The largest absolute Gasteiger partial charge is 0.485 e. The molecule has 0 saturated heterocycles. The van der Waals surface area contributed by atoms with Gasteiger partial charge in [-0.1, -0.05) is 42.6 Å². The lowest BCUT2D eigenvalue weighted by atomic mass is 9.95. The number of ether oxygens (including phenoxy) is 1. The average Bonchev–Trinajstić information content (AvgIpc) is 3.09. The van der Waals surface area contributed by atoms with Gasteiger partial charge in [0, 0.05) is 17.6 Å².